The molecule has 1 saturated heterocycles. The van der Waals surface area contributed by atoms with E-state index in [2.05, 4.69) is 22.1 Å². The Hall–Kier alpha value is -2.22. The van der Waals surface area contributed by atoms with E-state index in [9.17, 15) is 4.79 Å². The zero-order valence-corrected chi connectivity index (χ0v) is 19.0. The number of benzene rings is 1. The minimum Gasteiger partial charge on any atom is -0.495 e. The molecule has 4 rings (SSSR count). The highest BCUT2D eigenvalue weighted by Gasteiger charge is 2.37. The van der Waals surface area contributed by atoms with Crippen molar-refractivity contribution in [2.24, 2.45) is 0 Å². The summed E-state index contributed by atoms with van der Waals surface area (Å²) in [6.07, 6.45) is 3.66. The summed E-state index contributed by atoms with van der Waals surface area (Å²) >= 11 is 13.3. The predicted octanol–water partition coefficient (Wildman–Crippen LogP) is 3.79. The number of amides is 1. The summed E-state index contributed by atoms with van der Waals surface area (Å²) in [5.74, 6) is 0.975. The van der Waals surface area contributed by atoms with Gasteiger partial charge in [0, 0.05) is 23.2 Å². The Labute approximate surface area is 191 Å². The molecular formula is C22H25Cl2N3O4. The molecule has 0 radical (unpaired) electrons. The highest BCUT2D eigenvalue weighted by Crippen LogP contribution is 2.47. The van der Waals surface area contributed by atoms with Crippen LogP contribution in [0.3, 0.4) is 0 Å². The van der Waals surface area contributed by atoms with Gasteiger partial charge in [-0.2, -0.15) is 5.10 Å². The molecule has 9 heteroatoms. The lowest BCUT2D eigenvalue weighted by atomic mass is 9.80. The summed E-state index contributed by atoms with van der Waals surface area (Å²) in [5, 5.41) is 11.8. The number of rotatable bonds is 6. The summed E-state index contributed by atoms with van der Waals surface area (Å²) in [4.78, 5) is 11.8. The topological polar surface area (TPSA) is 85.5 Å². The number of hydrogen-bond donors (Lipinski definition) is 2. The number of nitrogens with zero attached hydrogens (tertiary/aromatic N) is 1. The van der Waals surface area contributed by atoms with E-state index in [1.165, 1.54) is 11.6 Å². The molecule has 1 aliphatic carbocycles. The fourth-order valence-corrected chi connectivity index (χ4v) is 5.37. The molecule has 3 atom stereocenters. The van der Waals surface area contributed by atoms with Crippen LogP contribution < -0.4 is 14.8 Å². The predicted molar refractivity (Wildman–Crippen MR) is 119 cm³/mol. The number of halogens is 2. The van der Waals surface area contributed by atoms with Crippen LogP contribution in [0.5, 0.6) is 11.5 Å². The number of nitrogens with one attached hydrogen (secondary N) is 2. The number of ether oxygens (including phenoxy) is 3. The highest BCUT2D eigenvalue weighted by molar-refractivity contribution is 6.38. The van der Waals surface area contributed by atoms with E-state index in [0.717, 1.165) is 36.2 Å². The Bertz CT molecular complexity index is 979. The van der Waals surface area contributed by atoms with Crippen molar-refractivity contribution < 1.29 is 19.0 Å². The lowest BCUT2D eigenvalue weighted by Gasteiger charge is -2.27. The molecule has 2 aromatic rings. The van der Waals surface area contributed by atoms with Crippen molar-refractivity contribution in [3.63, 3.8) is 0 Å². The molecular weight excluding hydrogens is 441 g/mol. The zero-order chi connectivity index (χ0) is 22.1. The van der Waals surface area contributed by atoms with Gasteiger partial charge in [-0.25, -0.2) is 0 Å². The van der Waals surface area contributed by atoms with Gasteiger partial charge in [-0.05, 0) is 36.8 Å². The van der Waals surface area contributed by atoms with Crippen molar-refractivity contribution in [2.45, 2.75) is 37.1 Å². The van der Waals surface area contributed by atoms with Gasteiger partial charge in [-0.1, -0.05) is 29.8 Å². The SMILES string of the molecule is C=CC(=O)N[C@H]1COC[C@H]1c1n[nH]c2c1CC[C@H](c1c(Cl)c(OC)cc(OC)c1Cl)C2. The van der Waals surface area contributed by atoms with Crippen LogP contribution in [-0.2, 0) is 22.4 Å². The Balaban J connectivity index is 1.61. The van der Waals surface area contributed by atoms with Crippen LogP contribution in [-0.4, -0.2) is 49.6 Å². The third-order valence-corrected chi connectivity index (χ3v) is 6.92. The van der Waals surface area contributed by atoms with Crippen molar-refractivity contribution >= 4 is 29.1 Å². The van der Waals surface area contributed by atoms with Crippen molar-refractivity contribution in [3.05, 3.63) is 51.3 Å². The quantitative estimate of drug-likeness (QED) is 0.633. The third kappa shape index (κ3) is 4.02. The molecule has 1 aromatic carbocycles. The Morgan fingerprint density at radius 2 is 2.00 bits per heavy atom. The number of methoxy groups -OCH3 is 2. The lowest BCUT2D eigenvalue weighted by Crippen LogP contribution is -2.38. The number of hydrogen-bond acceptors (Lipinski definition) is 5. The van der Waals surface area contributed by atoms with Crippen LogP contribution in [0, 0.1) is 0 Å². The van der Waals surface area contributed by atoms with Crippen molar-refractivity contribution in [1.82, 2.24) is 15.5 Å². The van der Waals surface area contributed by atoms with Gasteiger partial charge in [-0.3, -0.25) is 9.89 Å². The van der Waals surface area contributed by atoms with E-state index in [4.69, 9.17) is 37.4 Å². The molecule has 31 heavy (non-hydrogen) atoms. The molecule has 7 nitrogen and oxygen atoms in total. The zero-order valence-electron chi connectivity index (χ0n) is 17.5. The first-order valence-electron chi connectivity index (χ1n) is 10.1. The first-order chi connectivity index (χ1) is 15.0. The van der Waals surface area contributed by atoms with Crippen LogP contribution in [0.4, 0.5) is 0 Å². The fraction of sp³-hybridized carbons (Fsp3) is 0.455. The van der Waals surface area contributed by atoms with E-state index in [1.807, 2.05) is 0 Å². The Kier molecular flexibility index (Phi) is 6.46. The molecule has 166 valence electrons. The maximum absolute atomic E-state index is 11.8. The molecule has 2 aliphatic rings. The maximum atomic E-state index is 11.8. The second-order valence-corrected chi connectivity index (χ2v) is 8.55. The summed E-state index contributed by atoms with van der Waals surface area (Å²) in [5.41, 5.74) is 4.04. The Morgan fingerprint density at radius 3 is 2.65 bits per heavy atom. The van der Waals surface area contributed by atoms with Crippen LogP contribution in [0.25, 0.3) is 0 Å². The average Bonchev–Trinajstić information content (AvgIpc) is 3.40. The molecule has 1 aliphatic heterocycles. The van der Waals surface area contributed by atoms with E-state index in [-0.39, 0.29) is 23.8 Å². The molecule has 2 N–H and O–H groups in total. The fourth-order valence-electron chi connectivity index (χ4n) is 4.56. The van der Waals surface area contributed by atoms with E-state index < -0.39 is 0 Å². The number of aromatic nitrogens is 2. The normalized spacial score (nSPS) is 22.6. The van der Waals surface area contributed by atoms with Crippen LogP contribution in [0.1, 0.15) is 40.8 Å². The number of aromatic amines is 1. The van der Waals surface area contributed by atoms with E-state index in [1.54, 1.807) is 20.3 Å². The highest BCUT2D eigenvalue weighted by atomic mass is 35.5. The summed E-state index contributed by atoms with van der Waals surface area (Å²) in [6, 6.07) is 1.58. The van der Waals surface area contributed by atoms with E-state index >= 15 is 0 Å². The maximum Gasteiger partial charge on any atom is 0.243 e. The summed E-state index contributed by atoms with van der Waals surface area (Å²) in [7, 11) is 3.15. The Morgan fingerprint density at radius 1 is 1.29 bits per heavy atom. The largest absolute Gasteiger partial charge is 0.495 e. The molecule has 0 saturated carbocycles. The third-order valence-electron chi connectivity index (χ3n) is 6.14. The molecule has 2 heterocycles. The van der Waals surface area contributed by atoms with Crippen molar-refractivity contribution in [3.8, 4) is 11.5 Å². The van der Waals surface area contributed by atoms with Crippen LogP contribution >= 0.6 is 23.2 Å². The molecule has 0 unspecified atom stereocenters. The molecule has 1 fully saturated rings. The first kappa shape index (κ1) is 22.0. The summed E-state index contributed by atoms with van der Waals surface area (Å²) in [6.45, 7) is 4.51. The number of carbonyl (C=O) groups is 1. The minimum absolute atomic E-state index is 0.00420. The van der Waals surface area contributed by atoms with Crippen molar-refractivity contribution in [2.75, 3.05) is 27.4 Å². The van der Waals surface area contributed by atoms with Crippen LogP contribution in [0.2, 0.25) is 10.0 Å². The van der Waals surface area contributed by atoms with Crippen LogP contribution in [0.15, 0.2) is 18.7 Å². The number of H-pyrrole nitrogens is 1. The minimum atomic E-state index is -0.207. The van der Waals surface area contributed by atoms with Gasteiger partial charge in [-0.15, -0.1) is 0 Å². The molecule has 0 bridgehead atoms. The number of carbonyl (C=O) groups excluding carboxylic acids is 1. The van der Waals surface area contributed by atoms with Gasteiger partial charge < -0.3 is 19.5 Å². The second-order valence-electron chi connectivity index (χ2n) is 7.79. The first-order valence-corrected chi connectivity index (χ1v) is 10.9. The standard InChI is InChI=1S/C22H25Cl2N3O4/c1-4-18(28)25-15-10-31-9-13(15)22-12-6-5-11(7-14(12)26-27-22)19-20(23)16(29-2)8-17(30-3)21(19)24/h4,8,11,13,15H,1,5-7,9-10H2,2-3H3,(H,25,28)(H,26,27)/t11-,13+,15-/m0/s1. The molecule has 1 aromatic heterocycles. The van der Waals surface area contributed by atoms with E-state index in [0.29, 0.717) is 34.8 Å². The average molecular weight is 466 g/mol. The van der Waals surface area contributed by atoms with Gasteiger partial charge >= 0.3 is 0 Å². The van der Waals surface area contributed by atoms with Gasteiger partial charge in [0.15, 0.2) is 0 Å². The van der Waals surface area contributed by atoms with Gasteiger partial charge in [0.25, 0.3) is 0 Å². The summed E-state index contributed by atoms with van der Waals surface area (Å²) < 4.78 is 16.5. The van der Waals surface area contributed by atoms with Gasteiger partial charge in [0.2, 0.25) is 5.91 Å². The smallest absolute Gasteiger partial charge is 0.243 e. The molecule has 1 amide bonds. The van der Waals surface area contributed by atoms with Gasteiger partial charge in [0.05, 0.1) is 49.2 Å². The van der Waals surface area contributed by atoms with Gasteiger partial charge in [0.1, 0.15) is 11.5 Å². The van der Waals surface area contributed by atoms with Crippen molar-refractivity contribution in [1.29, 1.82) is 0 Å². The molecule has 0 spiro atoms. The number of fused-ring (bicyclic) bond motifs is 1. The lowest BCUT2D eigenvalue weighted by molar-refractivity contribution is -0.117. The monoisotopic (exact) mass is 465 g/mol. The second kappa shape index (κ2) is 9.10.